The molecule has 0 aromatic heterocycles. The molecule has 0 bridgehead atoms. The predicted octanol–water partition coefficient (Wildman–Crippen LogP) is 1.45. The molecule has 0 aromatic carbocycles. The third kappa shape index (κ3) is 10.7. The number of β-amino-alcohol motifs (C(OH)–C–C–N with tert-alkyl or cyclic N) is 1. The van der Waals surface area contributed by atoms with Crippen LogP contribution in [-0.2, 0) is 9.59 Å². The zero-order chi connectivity index (χ0) is 19.0. The number of carbonyl (C=O) groups excluding carboxylic acids is 2. The molecule has 2 unspecified atom stereocenters. The third-order valence-corrected chi connectivity index (χ3v) is 2.90. The third-order valence-electron chi connectivity index (χ3n) is 2.90. The molecule has 0 spiro atoms. The minimum absolute atomic E-state index is 0.0730. The monoisotopic (exact) mass is 329 g/mol. The summed E-state index contributed by atoms with van der Waals surface area (Å²) in [5, 5.41) is 12.4. The summed E-state index contributed by atoms with van der Waals surface area (Å²) < 4.78 is 0. The quantitative estimate of drug-likeness (QED) is 0.316. The molecule has 6 heteroatoms. The molecular weight excluding hydrogens is 294 g/mol. The molecule has 1 fully saturated rings. The summed E-state index contributed by atoms with van der Waals surface area (Å²) in [6.45, 7) is 16.9. The maximum Gasteiger partial charge on any atom is 0.256 e. The molecule has 1 heterocycles. The molecular formula is C17H35N3O3. The van der Waals surface area contributed by atoms with Crippen LogP contribution in [0.25, 0.3) is 0 Å². The van der Waals surface area contributed by atoms with Crippen LogP contribution in [-0.4, -0.2) is 54.1 Å². The van der Waals surface area contributed by atoms with Crippen LogP contribution in [0.3, 0.4) is 0 Å². The summed E-state index contributed by atoms with van der Waals surface area (Å²) in [5.74, 6) is -1.28. The first-order chi connectivity index (χ1) is 11.0. The van der Waals surface area contributed by atoms with Crippen LogP contribution in [0.4, 0.5) is 0 Å². The van der Waals surface area contributed by atoms with Gasteiger partial charge in [-0.2, -0.15) is 0 Å². The zero-order valence-electron chi connectivity index (χ0n) is 15.6. The molecule has 23 heavy (non-hydrogen) atoms. The van der Waals surface area contributed by atoms with E-state index in [1.54, 1.807) is 6.92 Å². The molecule has 2 amide bonds. The Balaban J connectivity index is -0.000000595. The normalized spacial score (nSPS) is 20.4. The van der Waals surface area contributed by atoms with Crippen LogP contribution in [0, 0.1) is 0 Å². The van der Waals surface area contributed by atoms with Crippen molar-refractivity contribution in [1.82, 2.24) is 10.2 Å². The van der Waals surface area contributed by atoms with Gasteiger partial charge < -0.3 is 21.1 Å². The Morgan fingerprint density at radius 3 is 2.09 bits per heavy atom. The van der Waals surface area contributed by atoms with E-state index >= 15 is 0 Å². The lowest BCUT2D eigenvalue weighted by molar-refractivity contribution is -0.123. The smallest absolute Gasteiger partial charge is 0.256 e. The van der Waals surface area contributed by atoms with Gasteiger partial charge in [-0.3, -0.25) is 9.59 Å². The van der Waals surface area contributed by atoms with Crippen LogP contribution >= 0.6 is 0 Å². The van der Waals surface area contributed by atoms with Gasteiger partial charge in [0, 0.05) is 6.54 Å². The average Bonchev–Trinajstić information content (AvgIpc) is 2.56. The highest BCUT2D eigenvalue weighted by Crippen LogP contribution is 2.10. The average molecular weight is 329 g/mol. The number of nitrogens with zero attached hydrogens (tertiary/aromatic N) is 1. The van der Waals surface area contributed by atoms with Crippen LogP contribution < -0.4 is 11.1 Å². The molecule has 0 aromatic rings. The van der Waals surface area contributed by atoms with Crippen LogP contribution in [0.1, 0.15) is 41.0 Å². The number of amides is 2. The van der Waals surface area contributed by atoms with Gasteiger partial charge in [-0.15, -0.1) is 13.2 Å². The topological polar surface area (TPSA) is 95.7 Å². The molecule has 1 rings (SSSR count). The number of nitrogens with one attached hydrogen (secondary N) is 1. The second-order valence-corrected chi connectivity index (χ2v) is 4.26. The van der Waals surface area contributed by atoms with Gasteiger partial charge in [-0.1, -0.05) is 33.8 Å². The fraction of sp³-hybridized carbons (Fsp3) is 0.647. The minimum atomic E-state index is -0.757. The Hall–Kier alpha value is -1.66. The number of likely N-dealkylation sites (tertiary alicyclic amines) is 1. The number of piperidine rings is 1. The van der Waals surface area contributed by atoms with E-state index in [1.807, 2.05) is 39.6 Å². The molecule has 0 saturated carbocycles. The highest BCUT2D eigenvalue weighted by Gasteiger charge is 2.28. The van der Waals surface area contributed by atoms with Gasteiger partial charge in [0.25, 0.3) is 11.8 Å². The summed E-state index contributed by atoms with van der Waals surface area (Å²) in [6, 6.07) is -0.326. The van der Waals surface area contributed by atoms with Crippen LogP contribution in [0.2, 0.25) is 0 Å². The van der Waals surface area contributed by atoms with Gasteiger partial charge in [0.15, 0.2) is 0 Å². The molecule has 1 saturated heterocycles. The number of allylic oxidation sites excluding steroid dienone is 1. The van der Waals surface area contributed by atoms with Crippen molar-refractivity contribution < 1.29 is 14.7 Å². The van der Waals surface area contributed by atoms with E-state index in [0.717, 1.165) is 6.54 Å². The Morgan fingerprint density at radius 2 is 1.74 bits per heavy atom. The van der Waals surface area contributed by atoms with Gasteiger partial charge in [0.05, 0.1) is 17.7 Å². The maximum absolute atomic E-state index is 11.7. The highest BCUT2D eigenvalue weighted by molar-refractivity contribution is 6.17. The molecule has 136 valence electrons. The standard InChI is InChI=1S/C11H19N3O3.2C2H6.C2H4/c1-3-7(10(12)16)11(17)13-8-4-5-14(2)6-9(8)15;3*1-2/h3,8-9,15H,4-6H2,1-2H3,(H2,12,16)(H,13,17);2*1-2H3;1-2H2/b7-3+;;;. The molecule has 6 nitrogen and oxygen atoms in total. The van der Waals surface area contributed by atoms with Crippen molar-refractivity contribution in [3.63, 3.8) is 0 Å². The number of nitrogens with two attached hydrogens (primary N) is 1. The number of rotatable bonds is 3. The second kappa shape index (κ2) is 16.7. The molecule has 4 N–H and O–H groups in total. The van der Waals surface area contributed by atoms with Crippen molar-refractivity contribution in [1.29, 1.82) is 0 Å². The lowest BCUT2D eigenvalue weighted by atomic mass is 10.0. The Labute approximate surface area is 141 Å². The predicted molar refractivity (Wildman–Crippen MR) is 97.0 cm³/mol. The van der Waals surface area contributed by atoms with Gasteiger partial charge >= 0.3 is 0 Å². The van der Waals surface area contributed by atoms with Crippen LogP contribution in [0.15, 0.2) is 24.8 Å². The first kappa shape index (κ1) is 26.2. The molecule has 2 atom stereocenters. The van der Waals surface area contributed by atoms with E-state index in [1.165, 1.54) is 6.08 Å². The molecule has 0 aliphatic carbocycles. The van der Waals surface area contributed by atoms with Crippen molar-refractivity contribution in [2.24, 2.45) is 5.73 Å². The Kier molecular flexibility index (Phi) is 19.1. The fourth-order valence-electron chi connectivity index (χ4n) is 1.89. The number of carbonyl (C=O) groups is 2. The van der Waals surface area contributed by atoms with E-state index < -0.39 is 17.9 Å². The number of primary amides is 1. The summed E-state index contributed by atoms with van der Waals surface area (Å²) in [5.41, 5.74) is 5.00. The molecule has 0 radical (unpaired) electrons. The van der Waals surface area contributed by atoms with Crippen molar-refractivity contribution >= 4 is 11.8 Å². The summed E-state index contributed by atoms with van der Waals surface area (Å²) in [7, 11) is 1.90. The van der Waals surface area contributed by atoms with Crippen molar-refractivity contribution in [2.75, 3.05) is 20.1 Å². The van der Waals surface area contributed by atoms with E-state index in [9.17, 15) is 14.7 Å². The Morgan fingerprint density at radius 1 is 1.26 bits per heavy atom. The summed E-state index contributed by atoms with van der Waals surface area (Å²) in [4.78, 5) is 24.7. The zero-order valence-corrected chi connectivity index (χ0v) is 15.6. The Bertz CT molecular complexity index is 357. The van der Waals surface area contributed by atoms with Gasteiger partial charge in [0.2, 0.25) is 0 Å². The van der Waals surface area contributed by atoms with Gasteiger partial charge in [-0.05, 0) is 26.9 Å². The summed E-state index contributed by atoms with van der Waals surface area (Å²) >= 11 is 0. The van der Waals surface area contributed by atoms with Crippen LogP contribution in [0.5, 0.6) is 0 Å². The number of hydrogen-bond acceptors (Lipinski definition) is 4. The van der Waals surface area contributed by atoms with Gasteiger partial charge in [-0.25, -0.2) is 0 Å². The van der Waals surface area contributed by atoms with E-state index in [4.69, 9.17) is 5.73 Å². The number of likely N-dealkylation sites (N-methyl/N-ethyl adjacent to an activating group) is 1. The summed E-state index contributed by atoms with van der Waals surface area (Å²) in [6.07, 6.45) is 1.40. The number of aliphatic hydroxyl groups is 1. The van der Waals surface area contributed by atoms with Crippen molar-refractivity contribution in [2.45, 2.75) is 53.2 Å². The number of hydrogen-bond donors (Lipinski definition) is 3. The lowest BCUT2D eigenvalue weighted by Gasteiger charge is -2.34. The fourth-order valence-corrected chi connectivity index (χ4v) is 1.89. The second-order valence-electron chi connectivity index (χ2n) is 4.26. The van der Waals surface area contributed by atoms with Crippen molar-refractivity contribution in [3.8, 4) is 0 Å². The number of aliphatic hydroxyl groups excluding tert-OH is 1. The van der Waals surface area contributed by atoms with Crippen molar-refractivity contribution in [3.05, 3.63) is 24.8 Å². The maximum atomic E-state index is 11.7. The SMILES string of the molecule is C/C=C(\C(N)=O)C(=O)NC1CCN(C)CC1O.C=C.CC.CC. The van der Waals surface area contributed by atoms with E-state index in [0.29, 0.717) is 13.0 Å². The van der Waals surface area contributed by atoms with E-state index in [-0.39, 0.29) is 11.6 Å². The largest absolute Gasteiger partial charge is 0.390 e. The van der Waals surface area contributed by atoms with Gasteiger partial charge in [0.1, 0.15) is 0 Å². The van der Waals surface area contributed by atoms with E-state index in [2.05, 4.69) is 18.5 Å². The molecule has 1 aliphatic rings. The first-order valence-electron chi connectivity index (χ1n) is 8.09. The highest BCUT2D eigenvalue weighted by atomic mass is 16.3. The first-order valence-corrected chi connectivity index (χ1v) is 8.09. The lowest BCUT2D eigenvalue weighted by Crippen LogP contribution is -2.53. The molecule has 1 aliphatic heterocycles. The minimum Gasteiger partial charge on any atom is -0.390 e.